The average Bonchev–Trinajstić information content (AvgIpc) is 2.88. The van der Waals surface area contributed by atoms with Crippen LogP contribution in [0.5, 0.6) is 5.75 Å². The molecule has 3 aromatic rings. The van der Waals surface area contributed by atoms with Crippen molar-refractivity contribution in [3.63, 3.8) is 0 Å². The summed E-state index contributed by atoms with van der Waals surface area (Å²) in [6, 6.07) is 21.0. The van der Waals surface area contributed by atoms with Gasteiger partial charge in [0.2, 0.25) is 5.91 Å². The van der Waals surface area contributed by atoms with Gasteiger partial charge in [0, 0.05) is 24.0 Å². The number of rotatable bonds is 12. The molecule has 1 N–H and O–H groups in total. The van der Waals surface area contributed by atoms with E-state index in [2.05, 4.69) is 34.2 Å². The van der Waals surface area contributed by atoms with Crippen molar-refractivity contribution in [3.05, 3.63) is 99.0 Å². The lowest BCUT2D eigenvalue weighted by Crippen LogP contribution is -2.51. The van der Waals surface area contributed by atoms with E-state index in [1.54, 1.807) is 4.90 Å². The Morgan fingerprint density at radius 3 is 2.27 bits per heavy atom. The molecule has 0 fully saturated rings. The third kappa shape index (κ3) is 8.46. The molecule has 0 spiro atoms. The van der Waals surface area contributed by atoms with Crippen molar-refractivity contribution >= 4 is 27.7 Å². The van der Waals surface area contributed by atoms with E-state index in [0.717, 1.165) is 45.1 Å². The zero-order chi connectivity index (χ0) is 26.8. The lowest BCUT2D eigenvalue weighted by Gasteiger charge is -2.31. The lowest BCUT2D eigenvalue weighted by molar-refractivity contribution is -0.142. The largest absolute Gasteiger partial charge is 0.484 e. The number of aryl methyl sites for hydroxylation is 3. The van der Waals surface area contributed by atoms with Gasteiger partial charge in [0.1, 0.15) is 11.8 Å². The third-order valence-corrected chi connectivity index (χ3v) is 7.56. The molecule has 0 aliphatic rings. The highest BCUT2D eigenvalue weighted by Gasteiger charge is 2.30. The first-order valence-electron chi connectivity index (χ1n) is 12.8. The number of unbranched alkanes of at least 4 members (excludes halogenated alkanes) is 1. The fourth-order valence-electron chi connectivity index (χ4n) is 4.28. The number of carbonyl (C=O) groups excluding carboxylic acids is 2. The minimum absolute atomic E-state index is 0.145. The minimum atomic E-state index is -0.663. The molecule has 1 atom stereocenters. The van der Waals surface area contributed by atoms with Gasteiger partial charge in [-0.15, -0.1) is 0 Å². The van der Waals surface area contributed by atoms with E-state index >= 15 is 0 Å². The molecular weight excluding hydrogens is 528 g/mol. The number of halogens is 1. The quantitative estimate of drug-likeness (QED) is 0.262. The Hall–Kier alpha value is -3.12. The van der Waals surface area contributed by atoms with Crippen molar-refractivity contribution in [3.8, 4) is 5.75 Å². The molecular formula is C31H37BrN2O3. The van der Waals surface area contributed by atoms with E-state index in [0.29, 0.717) is 25.3 Å². The zero-order valence-electron chi connectivity index (χ0n) is 22.2. The molecule has 0 radical (unpaired) electrons. The maximum Gasteiger partial charge on any atom is 0.261 e. The second kappa shape index (κ2) is 14.0. The summed E-state index contributed by atoms with van der Waals surface area (Å²) in [5.74, 6) is 0.258. The van der Waals surface area contributed by atoms with Crippen LogP contribution in [0.1, 0.15) is 47.6 Å². The van der Waals surface area contributed by atoms with E-state index in [9.17, 15) is 9.59 Å². The van der Waals surface area contributed by atoms with E-state index in [-0.39, 0.29) is 18.4 Å². The highest BCUT2D eigenvalue weighted by Crippen LogP contribution is 2.26. The summed E-state index contributed by atoms with van der Waals surface area (Å²) in [6.45, 7) is 8.85. The molecule has 0 saturated carbocycles. The zero-order valence-corrected chi connectivity index (χ0v) is 23.8. The molecule has 196 valence electrons. The van der Waals surface area contributed by atoms with Crippen LogP contribution in [0.3, 0.4) is 0 Å². The van der Waals surface area contributed by atoms with Gasteiger partial charge in [0.15, 0.2) is 6.61 Å². The maximum atomic E-state index is 13.7. The van der Waals surface area contributed by atoms with Crippen molar-refractivity contribution in [1.82, 2.24) is 10.2 Å². The van der Waals surface area contributed by atoms with Gasteiger partial charge in [-0.2, -0.15) is 0 Å². The van der Waals surface area contributed by atoms with Crippen LogP contribution in [0, 0.1) is 20.8 Å². The van der Waals surface area contributed by atoms with E-state index in [1.807, 2.05) is 81.4 Å². The Kier molecular flexibility index (Phi) is 10.8. The molecule has 6 heteroatoms. The van der Waals surface area contributed by atoms with Crippen LogP contribution in [-0.4, -0.2) is 35.9 Å². The molecule has 0 aromatic heterocycles. The average molecular weight is 566 g/mol. The Morgan fingerprint density at radius 1 is 0.946 bits per heavy atom. The number of nitrogens with zero attached hydrogens (tertiary/aromatic N) is 1. The van der Waals surface area contributed by atoms with Crippen molar-refractivity contribution in [2.45, 2.75) is 59.5 Å². The predicted octanol–water partition coefficient (Wildman–Crippen LogP) is 6.31. The molecule has 0 bridgehead atoms. The molecule has 3 rings (SSSR count). The SMILES string of the molecule is CCCCNC(=O)[C@@H](Cc1ccccc1)N(Cc1cccc(C)c1)C(=O)COc1cc(C)c(Br)c(C)c1. The molecule has 0 saturated heterocycles. The van der Waals surface area contributed by atoms with Crippen LogP contribution in [0.4, 0.5) is 0 Å². The number of amides is 2. The molecule has 0 aliphatic carbocycles. The maximum absolute atomic E-state index is 13.7. The van der Waals surface area contributed by atoms with Crippen LogP contribution < -0.4 is 10.1 Å². The highest BCUT2D eigenvalue weighted by atomic mass is 79.9. The van der Waals surface area contributed by atoms with Gasteiger partial charge in [-0.05, 0) is 61.6 Å². The highest BCUT2D eigenvalue weighted by molar-refractivity contribution is 9.10. The summed E-state index contributed by atoms with van der Waals surface area (Å²) < 4.78 is 6.99. The van der Waals surface area contributed by atoms with Gasteiger partial charge in [-0.1, -0.05) is 89.4 Å². The number of nitrogens with one attached hydrogen (secondary N) is 1. The monoisotopic (exact) mass is 564 g/mol. The molecule has 37 heavy (non-hydrogen) atoms. The van der Waals surface area contributed by atoms with Gasteiger partial charge < -0.3 is 15.0 Å². The van der Waals surface area contributed by atoms with Crippen molar-refractivity contribution in [2.75, 3.05) is 13.2 Å². The molecule has 2 amide bonds. The second-order valence-corrected chi connectivity index (χ2v) is 10.3. The first-order chi connectivity index (χ1) is 17.8. The van der Waals surface area contributed by atoms with Crippen LogP contribution in [0.15, 0.2) is 71.2 Å². The van der Waals surface area contributed by atoms with Gasteiger partial charge in [-0.3, -0.25) is 9.59 Å². The Morgan fingerprint density at radius 2 is 1.62 bits per heavy atom. The first-order valence-corrected chi connectivity index (χ1v) is 13.6. The number of benzene rings is 3. The topological polar surface area (TPSA) is 58.6 Å². The normalized spacial score (nSPS) is 11.6. The van der Waals surface area contributed by atoms with Gasteiger partial charge >= 0.3 is 0 Å². The standard InChI is InChI=1S/C31H37BrN2O3/c1-5-6-15-33-31(36)28(19-25-12-8-7-9-13-25)34(20-26-14-10-11-22(2)16-26)29(35)21-37-27-17-23(3)30(32)24(4)18-27/h7-14,16-18,28H,5-6,15,19-21H2,1-4H3,(H,33,36)/t28-/m1/s1. The molecule has 0 heterocycles. The summed E-state index contributed by atoms with van der Waals surface area (Å²) in [7, 11) is 0. The van der Waals surface area contributed by atoms with Gasteiger partial charge in [0.05, 0.1) is 0 Å². The summed E-state index contributed by atoms with van der Waals surface area (Å²) in [5, 5.41) is 3.05. The summed E-state index contributed by atoms with van der Waals surface area (Å²) >= 11 is 3.58. The number of carbonyl (C=O) groups is 2. The molecule has 3 aromatic carbocycles. The number of ether oxygens (including phenoxy) is 1. The second-order valence-electron chi connectivity index (χ2n) is 9.52. The van der Waals surface area contributed by atoms with Crippen LogP contribution in [-0.2, 0) is 22.6 Å². The van der Waals surface area contributed by atoms with E-state index in [1.165, 1.54) is 0 Å². The Labute approximate surface area is 229 Å². The fraction of sp³-hybridized carbons (Fsp3) is 0.355. The van der Waals surface area contributed by atoms with E-state index < -0.39 is 6.04 Å². The smallest absolute Gasteiger partial charge is 0.261 e. The third-order valence-electron chi connectivity index (χ3n) is 6.31. The van der Waals surface area contributed by atoms with Gasteiger partial charge in [-0.25, -0.2) is 0 Å². The van der Waals surface area contributed by atoms with Crippen LogP contribution >= 0.6 is 15.9 Å². The van der Waals surface area contributed by atoms with Crippen molar-refractivity contribution in [1.29, 1.82) is 0 Å². The Balaban J connectivity index is 1.90. The molecule has 0 aliphatic heterocycles. The summed E-state index contributed by atoms with van der Waals surface area (Å²) in [6.07, 6.45) is 2.29. The number of hydrogen-bond acceptors (Lipinski definition) is 3. The predicted molar refractivity (Wildman–Crippen MR) is 153 cm³/mol. The Bertz CT molecular complexity index is 1170. The van der Waals surface area contributed by atoms with Crippen molar-refractivity contribution < 1.29 is 14.3 Å². The lowest BCUT2D eigenvalue weighted by atomic mass is 10.0. The van der Waals surface area contributed by atoms with Crippen LogP contribution in [0.2, 0.25) is 0 Å². The summed E-state index contributed by atoms with van der Waals surface area (Å²) in [5.41, 5.74) is 5.16. The molecule has 5 nitrogen and oxygen atoms in total. The fourth-order valence-corrected chi connectivity index (χ4v) is 4.51. The van der Waals surface area contributed by atoms with Gasteiger partial charge in [0.25, 0.3) is 5.91 Å². The van der Waals surface area contributed by atoms with Crippen LogP contribution in [0.25, 0.3) is 0 Å². The van der Waals surface area contributed by atoms with Crippen molar-refractivity contribution in [2.24, 2.45) is 0 Å². The minimum Gasteiger partial charge on any atom is -0.484 e. The number of hydrogen-bond donors (Lipinski definition) is 1. The van der Waals surface area contributed by atoms with E-state index in [4.69, 9.17) is 4.74 Å². The summed E-state index contributed by atoms with van der Waals surface area (Å²) in [4.78, 5) is 28.9. The first kappa shape index (κ1) is 28.5. The molecule has 0 unspecified atom stereocenters.